The van der Waals surface area contributed by atoms with E-state index < -0.39 is 0 Å². The lowest BCUT2D eigenvalue weighted by Gasteiger charge is -2.34. The van der Waals surface area contributed by atoms with Crippen LogP contribution < -0.4 is 0 Å². The Labute approximate surface area is 141 Å². The first kappa shape index (κ1) is 16.3. The molecule has 24 heavy (non-hydrogen) atoms. The number of furan rings is 1. The molecule has 5 nitrogen and oxygen atoms in total. The summed E-state index contributed by atoms with van der Waals surface area (Å²) in [5.41, 5.74) is 1.96. The summed E-state index contributed by atoms with van der Waals surface area (Å²) >= 11 is 0. The quantitative estimate of drug-likeness (QED) is 0.868. The molecule has 1 aliphatic rings. The number of carbonyl (C=O) groups excluding carboxylic acids is 2. The van der Waals surface area contributed by atoms with Crippen LogP contribution in [0.4, 0.5) is 0 Å². The van der Waals surface area contributed by atoms with Gasteiger partial charge >= 0.3 is 0 Å². The lowest BCUT2D eigenvalue weighted by molar-refractivity contribution is 0.0518. The van der Waals surface area contributed by atoms with E-state index in [1.807, 2.05) is 24.3 Å². The molecule has 1 aromatic heterocycles. The fourth-order valence-electron chi connectivity index (χ4n) is 2.95. The zero-order chi connectivity index (χ0) is 16.9. The summed E-state index contributed by atoms with van der Waals surface area (Å²) in [6.07, 6.45) is 3.62. The number of carbonyl (C=O) groups is 2. The maximum atomic E-state index is 12.6. The van der Waals surface area contributed by atoms with Crippen molar-refractivity contribution in [2.75, 3.05) is 26.2 Å². The van der Waals surface area contributed by atoms with Gasteiger partial charge in [0.2, 0.25) is 0 Å². The van der Waals surface area contributed by atoms with E-state index in [9.17, 15) is 9.59 Å². The average Bonchev–Trinajstić information content (AvgIpc) is 3.16. The monoisotopic (exact) mass is 326 g/mol. The number of piperazine rings is 1. The van der Waals surface area contributed by atoms with Crippen molar-refractivity contribution in [3.8, 4) is 0 Å². The molecular formula is C19H22N2O3. The van der Waals surface area contributed by atoms with E-state index >= 15 is 0 Å². The normalized spacial score (nSPS) is 14.7. The number of amides is 2. The molecule has 1 aliphatic heterocycles. The van der Waals surface area contributed by atoms with Gasteiger partial charge < -0.3 is 14.2 Å². The molecule has 3 rings (SSSR count). The minimum absolute atomic E-state index is 0.0307. The molecule has 2 aromatic rings. The smallest absolute Gasteiger partial charge is 0.289 e. The molecule has 0 radical (unpaired) electrons. The number of rotatable bonds is 4. The Morgan fingerprint density at radius 1 is 0.958 bits per heavy atom. The number of benzene rings is 1. The van der Waals surface area contributed by atoms with Crippen LogP contribution in [0, 0.1) is 0 Å². The van der Waals surface area contributed by atoms with Crippen molar-refractivity contribution < 1.29 is 14.0 Å². The highest BCUT2D eigenvalue weighted by Crippen LogP contribution is 2.13. The predicted molar refractivity (Wildman–Crippen MR) is 91.0 cm³/mol. The van der Waals surface area contributed by atoms with E-state index in [0.29, 0.717) is 37.5 Å². The van der Waals surface area contributed by atoms with E-state index in [1.54, 1.807) is 21.9 Å². The molecule has 1 saturated heterocycles. The Morgan fingerprint density at radius 2 is 1.58 bits per heavy atom. The highest BCUT2D eigenvalue weighted by atomic mass is 16.3. The standard InChI is InChI=1S/C19H22N2O3/c1-2-4-15-6-8-16(9-7-15)18(22)20-10-12-21(13-11-20)19(23)17-5-3-14-24-17/h3,5-9,14H,2,4,10-13H2,1H3. The van der Waals surface area contributed by atoms with Crippen molar-refractivity contribution in [2.24, 2.45) is 0 Å². The zero-order valence-electron chi connectivity index (χ0n) is 13.9. The van der Waals surface area contributed by atoms with Crippen LogP contribution in [0.15, 0.2) is 47.1 Å². The molecule has 0 atom stereocenters. The summed E-state index contributed by atoms with van der Waals surface area (Å²) < 4.78 is 5.15. The van der Waals surface area contributed by atoms with Gasteiger partial charge in [0.05, 0.1) is 6.26 Å². The highest BCUT2D eigenvalue weighted by Gasteiger charge is 2.26. The van der Waals surface area contributed by atoms with Gasteiger partial charge in [-0.2, -0.15) is 0 Å². The van der Waals surface area contributed by atoms with Crippen LogP contribution >= 0.6 is 0 Å². The first-order valence-electron chi connectivity index (χ1n) is 8.40. The number of hydrogen-bond donors (Lipinski definition) is 0. The van der Waals surface area contributed by atoms with E-state index in [4.69, 9.17) is 4.42 Å². The number of aryl methyl sites for hydroxylation is 1. The van der Waals surface area contributed by atoms with Crippen LogP contribution in [0.2, 0.25) is 0 Å². The van der Waals surface area contributed by atoms with Crippen LogP contribution in [0.1, 0.15) is 39.8 Å². The fraction of sp³-hybridized carbons (Fsp3) is 0.368. The average molecular weight is 326 g/mol. The maximum absolute atomic E-state index is 12.6. The van der Waals surface area contributed by atoms with Crippen LogP contribution in [-0.2, 0) is 6.42 Å². The van der Waals surface area contributed by atoms with Crippen molar-refractivity contribution in [1.82, 2.24) is 9.80 Å². The van der Waals surface area contributed by atoms with Gasteiger partial charge in [-0.15, -0.1) is 0 Å². The van der Waals surface area contributed by atoms with E-state index in [0.717, 1.165) is 12.8 Å². The zero-order valence-corrected chi connectivity index (χ0v) is 13.9. The molecule has 2 amide bonds. The third-order valence-electron chi connectivity index (χ3n) is 4.33. The molecule has 1 aromatic carbocycles. The third-order valence-corrected chi connectivity index (χ3v) is 4.33. The van der Waals surface area contributed by atoms with Crippen molar-refractivity contribution >= 4 is 11.8 Å². The summed E-state index contributed by atoms with van der Waals surface area (Å²) in [6, 6.07) is 11.2. The van der Waals surface area contributed by atoms with Crippen molar-refractivity contribution in [2.45, 2.75) is 19.8 Å². The second-order valence-corrected chi connectivity index (χ2v) is 6.01. The van der Waals surface area contributed by atoms with Gasteiger partial charge in [-0.3, -0.25) is 9.59 Å². The number of hydrogen-bond acceptors (Lipinski definition) is 3. The maximum Gasteiger partial charge on any atom is 0.289 e. The lowest BCUT2D eigenvalue weighted by atomic mass is 10.1. The molecule has 126 valence electrons. The van der Waals surface area contributed by atoms with Gasteiger partial charge in [0, 0.05) is 31.7 Å². The van der Waals surface area contributed by atoms with Crippen LogP contribution in [0.25, 0.3) is 0 Å². The third kappa shape index (κ3) is 3.50. The van der Waals surface area contributed by atoms with Gasteiger partial charge in [-0.05, 0) is 36.2 Å². The van der Waals surface area contributed by atoms with E-state index in [-0.39, 0.29) is 11.8 Å². The molecule has 0 spiro atoms. The minimum Gasteiger partial charge on any atom is -0.459 e. The molecule has 0 saturated carbocycles. The van der Waals surface area contributed by atoms with Crippen LogP contribution in [-0.4, -0.2) is 47.8 Å². The van der Waals surface area contributed by atoms with Crippen molar-refractivity contribution in [3.63, 3.8) is 0 Å². The van der Waals surface area contributed by atoms with Gasteiger partial charge in [-0.25, -0.2) is 0 Å². The van der Waals surface area contributed by atoms with Gasteiger partial charge in [-0.1, -0.05) is 25.5 Å². The molecule has 0 bridgehead atoms. The minimum atomic E-state index is -0.115. The first-order valence-corrected chi connectivity index (χ1v) is 8.40. The van der Waals surface area contributed by atoms with Gasteiger partial charge in [0.15, 0.2) is 5.76 Å². The Morgan fingerprint density at radius 3 is 2.12 bits per heavy atom. The fourth-order valence-corrected chi connectivity index (χ4v) is 2.95. The van der Waals surface area contributed by atoms with E-state index in [2.05, 4.69) is 6.92 Å². The summed E-state index contributed by atoms with van der Waals surface area (Å²) in [4.78, 5) is 28.3. The van der Waals surface area contributed by atoms with Crippen molar-refractivity contribution in [1.29, 1.82) is 0 Å². The predicted octanol–water partition coefficient (Wildman–Crippen LogP) is 2.83. The van der Waals surface area contributed by atoms with Gasteiger partial charge in [0.1, 0.15) is 0 Å². The van der Waals surface area contributed by atoms with Crippen LogP contribution in [0.3, 0.4) is 0 Å². The largest absolute Gasteiger partial charge is 0.459 e. The van der Waals surface area contributed by atoms with Gasteiger partial charge in [0.25, 0.3) is 11.8 Å². The Kier molecular flexibility index (Phi) is 4.99. The summed E-state index contributed by atoms with van der Waals surface area (Å²) in [6.45, 7) is 4.28. The summed E-state index contributed by atoms with van der Waals surface area (Å²) in [5, 5.41) is 0. The topological polar surface area (TPSA) is 53.8 Å². The van der Waals surface area contributed by atoms with E-state index in [1.165, 1.54) is 11.8 Å². The lowest BCUT2D eigenvalue weighted by Crippen LogP contribution is -2.50. The Hall–Kier alpha value is -2.56. The molecule has 0 N–H and O–H groups in total. The molecule has 5 heteroatoms. The molecule has 0 unspecified atom stereocenters. The molecule has 0 aliphatic carbocycles. The SMILES string of the molecule is CCCc1ccc(C(=O)N2CCN(C(=O)c3ccco3)CC2)cc1. The van der Waals surface area contributed by atoms with Crippen LogP contribution in [0.5, 0.6) is 0 Å². The summed E-state index contributed by atoms with van der Waals surface area (Å²) in [5.74, 6) is 0.264. The summed E-state index contributed by atoms with van der Waals surface area (Å²) in [7, 11) is 0. The second-order valence-electron chi connectivity index (χ2n) is 6.01. The highest BCUT2D eigenvalue weighted by molar-refractivity contribution is 5.95. The molecule has 1 fully saturated rings. The molecule has 2 heterocycles. The van der Waals surface area contributed by atoms with Crippen molar-refractivity contribution in [3.05, 3.63) is 59.5 Å². The molecular weight excluding hydrogens is 304 g/mol. The number of nitrogens with zero attached hydrogens (tertiary/aromatic N) is 2. The Bertz CT molecular complexity index is 684. The first-order chi connectivity index (χ1) is 11.7. The second kappa shape index (κ2) is 7.34. The Balaban J connectivity index is 1.57.